The molecule has 9 heteroatoms. The van der Waals surface area contributed by atoms with E-state index in [2.05, 4.69) is 10.5 Å². The molecule has 0 atom stereocenters. The summed E-state index contributed by atoms with van der Waals surface area (Å²) in [5.74, 6) is 0. The van der Waals surface area contributed by atoms with E-state index in [1.807, 2.05) is 49.4 Å². The summed E-state index contributed by atoms with van der Waals surface area (Å²) >= 11 is 5.92. The average molecular weight is 437 g/mol. The van der Waals surface area contributed by atoms with Crippen molar-refractivity contribution in [2.24, 2.45) is 5.10 Å². The average Bonchev–Trinajstić information content (AvgIpc) is 2.75. The van der Waals surface area contributed by atoms with Gasteiger partial charge in [-0.2, -0.15) is 5.10 Å². The van der Waals surface area contributed by atoms with Crippen LogP contribution in [0.3, 0.4) is 0 Å². The van der Waals surface area contributed by atoms with Crippen LogP contribution in [0, 0.1) is 27.2 Å². The van der Waals surface area contributed by atoms with Crippen molar-refractivity contribution in [2.75, 3.05) is 5.43 Å². The second-order valence-corrected chi connectivity index (χ2v) is 7.01. The topological polar surface area (TPSA) is 111 Å². The van der Waals surface area contributed by atoms with Gasteiger partial charge >= 0.3 is 5.69 Å². The zero-order valence-corrected chi connectivity index (χ0v) is 17.1. The maximum atomic E-state index is 11.4. The first-order chi connectivity index (χ1) is 14.8. The maximum Gasteiger partial charge on any atom is 0.301 e. The summed E-state index contributed by atoms with van der Waals surface area (Å²) in [6.45, 7) is 1.96. The van der Waals surface area contributed by atoms with E-state index in [1.165, 1.54) is 12.1 Å². The SMILES string of the molecule is Cc1ccc(C(C=Cc2ccc(Cl)cc2)=NNc2ccc([N+](=O)[O-])cc2[N+](=O)[O-])cc1. The van der Waals surface area contributed by atoms with Gasteiger partial charge in [0.15, 0.2) is 0 Å². The third-order valence-electron chi connectivity index (χ3n) is 4.34. The lowest BCUT2D eigenvalue weighted by Crippen LogP contribution is -2.03. The van der Waals surface area contributed by atoms with Crippen molar-refractivity contribution in [3.05, 3.63) is 115 Å². The molecule has 31 heavy (non-hydrogen) atoms. The molecule has 0 radical (unpaired) electrons. The van der Waals surface area contributed by atoms with Gasteiger partial charge in [0.05, 0.1) is 21.6 Å². The number of halogens is 1. The molecule has 8 nitrogen and oxygen atoms in total. The molecule has 0 aliphatic heterocycles. The molecule has 156 valence electrons. The number of hydrazone groups is 1. The standard InChI is InChI=1S/C22H17ClN4O4/c1-15-2-7-17(8-3-15)20(12-6-16-4-9-18(23)10-5-16)24-25-21-13-11-19(26(28)29)14-22(21)27(30)31/h2-14,25H,1H3. The smallest absolute Gasteiger partial charge is 0.271 e. The van der Waals surface area contributed by atoms with Crippen molar-refractivity contribution >= 4 is 40.5 Å². The number of non-ortho nitro benzene ring substituents is 1. The third-order valence-corrected chi connectivity index (χ3v) is 4.59. The van der Waals surface area contributed by atoms with Crippen LogP contribution >= 0.6 is 11.6 Å². The van der Waals surface area contributed by atoms with E-state index in [-0.39, 0.29) is 11.4 Å². The first-order valence-electron chi connectivity index (χ1n) is 9.11. The fourth-order valence-electron chi connectivity index (χ4n) is 2.67. The lowest BCUT2D eigenvalue weighted by atomic mass is 10.1. The number of nitro benzene ring substituents is 2. The number of nitrogens with one attached hydrogen (secondary N) is 1. The highest BCUT2D eigenvalue weighted by atomic mass is 35.5. The molecule has 3 aromatic rings. The highest BCUT2D eigenvalue weighted by Gasteiger charge is 2.19. The minimum absolute atomic E-state index is 0.0418. The Kier molecular flexibility index (Phi) is 6.74. The van der Waals surface area contributed by atoms with Gasteiger partial charge in [0.25, 0.3) is 5.69 Å². The Morgan fingerprint density at radius 2 is 1.65 bits per heavy atom. The summed E-state index contributed by atoms with van der Waals surface area (Å²) in [6.07, 6.45) is 3.60. The fourth-order valence-corrected chi connectivity index (χ4v) is 2.80. The Morgan fingerprint density at radius 3 is 2.26 bits per heavy atom. The van der Waals surface area contributed by atoms with E-state index in [9.17, 15) is 20.2 Å². The molecule has 0 unspecified atom stereocenters. The number of nitrogens with zero attached hydrogens (tertiary/aromatic N) is 3. The molecule has 0 aliphatic rings. The van der Waals surface area contributed by atoms with Crippen molar-refractivity contribution in [2.45, 2.75) is 6.92 Å². The molecule has 0 spiro atoms. The molecule has 0 saturated heterocycles. The van der Waals surface area contributed by atoms with E-state index in [0.29, 0.717) is 10.7 Å². The molecular weight excluding hydrogens is 420 g/mol. The maximum absolute atomic E-state index is 11.4. The van der Waals surface area contributed by atoms with Crippen LogP contribution in [0.4, 0.5) is 17.1 Å². The van der Waals surface area contributed by atoms with Crippen molar-refractivity contribution in [3.63, 3.8) is 0 Å². The van der Waals surface area contributed by atoms with Crippen LogP contribution in [-0.2, 0) is 0 Å². The Balaban J connectivity index is 1.97. The Morgan fingerprint density at radius 1 is 0.968 bits per heavy atom. The number of benzene rings is 3. The Labute approximate surface area is 182 Å². The summed E-state index contributed by atoms with van der Waals surface area (Å²) < 4.78 is 0. The van der Waals surface area contributed by atoms with Crippen LogP contribution in [-0.4, -0.2) is 15.6 Å². The molecular formula is C22H17ClN4O4. The number of aryl methyl sites for hydroxylation is 1. The minimum atomic E-state index is -0.694. The van der Waals surface area contributed by atoms with Crippen molar-refractivity contribution in [1.29, 1.82) is 0 Å². The molecule has 0 heterocycles. The monoisotopic (exact) mass is 436 g/mol. The highest BCUT2D eigenvalue weighted by molar-refractivity contribution is 6.30. The highest BCUT2D eigenvalue weighted by Crippen LogP contribution is 2.29. The van der Waals surface area contributed by atoms with Gasteiger partial charge in [-0.1, -0.05) is 59.6 Å². The predicted octanol–water partition coefficient (Wildman–Crippen LogP) is 5.99. The zero-order chi connectivity index (χ0) is 22.4. The number of anilines is 1. The molecule has 3 aromatic carbocycles. The van der Waals surface area contributed by atoms with Crippen LogP contribution in [0.25, 0.3) is 6.08 Å². The number of allylic oxidation sites excluding steroid dienone is 1. The van der Waals surface area contributed by atoms with Gasteiger partial charge in [0.1, 0.15) is 5.69 Å². The van der Waals surface area contributed by atoms with Gasteiger partial charge in [0, 0.05) is 16.7 Å². The summed E-state index contributed by atoms with van der Waals surface area (Å²) in [7, 11) is 0. The molecule has 1 N–H and O–H groups in total. The summed E-state index contributed by atoms with van der Waals surface area (Å²) in [5, 5.41) is 27.2. The van der Waals surface area contributed by atoms with Crippen molar-refractivity contribution in [3.8, 4) is 0 Å². The van der Waals surface area contributed by atoms with E-state index >= 15 is 0 Å². The van der Waals surface area contributed by atoms with Crippen LogP contribution in [0.15, 0.2) is 77.9 Å². The van der Waals surface area contributed by atoms with Crippen LogP contribution in [0.5, 0.6) is 0 Å². The van der Waals surface area contributed by atoms with E-state index < -0.39 is 15.5 Å². The second kappa shape index (κ2) is 9.64. The van der Waals surface area contributed by atoms with Crippen molar-refractivity contribution < 1.29 is 9.85 Å². The quantitative estimate of drug-likeness (QED) is 0.277. The fraction of sp³-hybridized carbons (Fsp3) is 0.0455. The number of hydrogen-bond donors (Lipinski definition) is 1. The van der Waals surface area contributed by atoms with Crippen LogP contribution in [0.1, 0.15) is 16.7 Å². The summed E-state index contributed by atoms with van der Waals surface area (Å²) in [5.41, 5.74) is 5.17. The third kappa shape index (κ3) is 5.74. The first-order valence-corrected chi connectivity index (χ1v) is 9.48. The number of nitro groups is 2. The second-order valence-electron chi connectivity index (χ2n) is 6.58. The largest absolute Gasteiger partial charge is 0.301 e. The molecule has 3 rings (SSSR count). The van der Waals surface area contributed by atoms with Crippen LogP contribution in [0.2, 0.25) is 5.02 Å². The summed E-state index contributed by atoms with van der Waals surface area (Å²) in [4.78, 5) is 20.9. The van der Waals surface area contributed by atoms with Gasteiger partial charge in [-0.25, -0.2) is 0 Å². The number of rotatable bonds is 7. The van der Waals surface area contributed by atoms with Gasteiger partial charge in [-0.3, -0.25) is 25.7 Å². The molecule has 0 aliphatic carbocycles. The lowest BCUT2D eigenvalue weighted by molar-refractivity contribution is -0.393. The molecule has 0 saturated carbocycles. The van der Waals surface area contributed by atoms with Gasteiger partial charge in [0.2, 0.25) is 0 Å². The Bertz CT molecular complexity index is 1170. The van der Waals surface area contributed by atoms with Gasteiger partial charge in [-0.15, -0.1) is 0 Å². The molecule has 0 fully saturated rings. The minimum Gasteiger partial charge on any atom is -0.271 e. The van der Waals surface area contributed by atoms with E-state index in [4.69, 9.17) is 11.6 Å². The number of hydrogen-bond acceptors (Lipinski definition) is 6. The van der Waals surface area contributed by atoms with E-state index in [1.54, 1.807) is 18.2 Å². The molecule has 0 aromatic heterocycles. The van der Waals surface area contributed by atoms with Gasteiger partial charge < -0.3 is 0 Å². The normalized spacial score (nSPS) is 11.5. The lowest BCUT2D eigenvalue weighted by Gasteiger charge is -2.06. The van der Waals surface area contributed by atoms with Crippen LogP contribution < -0.4 is 5.43 Å². The molecule has 0 bridgehead atoms. The van der Waals surface area contributed by atoms with E-state index in [0.717, 1.165) is 22.8 Å². The zero-order valence-electron chi connectivity index (χ0n) is 16.4. The molecule has 0 amide bonds. The van der Waals surface area contributed by atoms with Crippen molar-refractivity contribution in [1.82, 2.24) is 0 Å². The first kappa shape index (κ1) is 21.7. The predicted molar refractivity (Wildman–Crippen MR) is 122 cm³/mol. The summed E-state index contributed by atoms with van der Waals surface area (Å²) in [6, 6.07) is 18.2. The van der Waals surface area contributed by atoms with Gasteiger partial charge in [-0.05, 0) is 36.8 Å². The Hall–Kier alpha value is -4.04.